The molecule has 2 aromatic heterocycles. The van der Waals surface area contributed by atoms with Crippen molar-refractivity contribution in [1.29, 1.82) is 0 Å². The predicted octanol–water partition coefficient (Wildman–Crippen LogP) is 4.40. The Morgan fingerprint density at radius 1 is 1.17 bits per heavy atom. The number of nitrogens with one attached hydrogen (secondary N) is 1. The maximum Gasteiger partial charge on any atom is 0.240 e. The molecule has 0 saturated carbocycles. The quantitative estimate of drug-likeness (QED) is 0.516. The van der Waals surface area contributed by atoms with E-state index in [-0.39, 0.29) is 11.3 Å². The fourth-order valence-corrected chi connectivity index (χ4v) is 5.63. The van der Waals surface area contributed by atoms with E-state index in [0.29, 0.717) is 17.3 Å². The molecule has 6 nitrogen and oxygen atoms in total. The number of amides is 1. The number of para-hydroxylation sites is 1. The van der Waals surface area contributed by atoms with Gasteiger partial charge in [0, 0.05) is 23.5 Å². The fourth-order valence-electron chi connectivity index (χ4n) is 3.50. The van der Waals surface area contributed by atoms with Gasteiger partial charge in [0.2, 0.25) is 11.0 Å². The molecule has 1 aliphatic heterocycles. The Balaban J connectivity index is 1.41. The first-order valence-electron chi connectivity index (χ1n) is 9.18. The van der Waals surface area contributed by atoms with E-state index in [2.05, 4.69) is 27.3 Å². The van der Waals surface area contributed by atoms with Crippen molar-refractivity contribution in [2.45, 2.75) is 11.8 Å². The molecule has 0 bridgehead atoms. The number of H-pyrrole nitrogens is 1. The van der Waals surface area contributed by atoms with Crippen LogP contribution < -0.4 is 9.64 Å². The maximum atomic E-state index is 12.6. The Labute approximate surface area is 175 Å². The molecule has 2 aromatic carbocycles. The molecule has 1 saturated heterocycles. The molecule has 1 atom stereocenters. The van der Waals surface area contributed by atoms with Crippen LogP contribution in [-0.2, 0) is 11.2 Å². The number of carbonyl (C=O) groups is 1. The predicted molar refractivity (Wildman–Crippen MR) is 117 cm³/mol. The van der Waals surface area contributed by atoms with Crippen LogP contribution in [0, 0.1) is 0 Å². The van der Waals surface area contributed by atoms with Crippen molar-refractivity contribution in [3.8, 4) is 5.75 Å². The number of carbonyl (C=O) groups excluding carboxylic acids is 1. The number of benzene rings is 2. The number of hydrogen-bond donors (Lipinski definition) is 1. The van der Waals surface area contributed by atoms with Crippen LogP contribution in [0.4, 0.5) is 5.13 Å². The van der Waals surface area contributed by atoms with Crippen LogP contribution in [0.2, 0.25) is 0 Å². The molecule has 8 heteroatoms. The van der Waals surface area contributed by atoms with Crippen LogP contribution in [0.3, 0.4) is 0 Å². The van der Waals surface area contributed by atoms with E-state index < -0.39 is 0 Å². The summed E-state index contributed by atoms with van der Waals surface area (Å²) in [7, 11) is 1.64. The smallest absolute Gasteiger partial charge is 0.240 e. The number of aromatic amines is 1. The zero-order valence-electron chi connectivity index (χ0n) is 15.7. The Morgan fingerprint density at radius 2 is 2.00 bits per heavy atom. The molecule has 1 amide bonds. The molecule has 1 unspecified atom stereocenters. The van der Waals surface area contributed by atoms with Gasteiger partial charge >= 0.3 is 0 Å². The van der Waals surface area contributed by atoms with E-state index >= 15 is 0 Å². The second-order valence-electron chi connectivity index (χ2n) is 6.71. The minimum Gasteiger partial charge on any atom is -0.497 e. The molecular weight excluding hydrogens is 404 g/mol. The molecule has 1 fully saturated rings. The lowest BCUT2D eigenvalue weighted by Crippen LogP contribution is -2.27. The summed E-state index contributed by atoms with van der Waals surface area (Å²) < 4.78 is 5.24. The molecule has 5 rings (SSSR count). The van der Waals surface area contributed by atoms with Gasteiger partial charge in [-0.3, -0.25) is 9.69 Å². The highest BCUT2D eigenvalue weighted by Crippen LogP contribution is 2.43. The average molecular weight is 423 g/mol. The molecule has 1 N–H and O–H groups in total. The summed E-state index contributed by atoms with van der Waals surface area (Å²) in [5.41, 5.74) is 3.34. The van der Waals surface area contributed by atoms with E-state index in [1.54, 1.807) is 23.8 Å². The summed E-state index contributed by atoms with van der Waals surface area (Å²) in [6.45, 7) is 0. The average Bonchev–Trinajstić information content (AvgIpc) is 3.47. The SMILES string of the molecule is COc1ccc(C2SCC(=O)N2c2nnc(Cc3c[nH]c4ccccc34)s2)cc1. The molecule has 0 radical (unpaired) electrons. The Bertz CT molecular complexity index is 1170. The number of anilines is 1. The Hall–Kier alpha value is -2.84. The second kappa shape index (κ2) is 7.53. The largest absolute Gasteiger partial charge is 0.497 e. The normalized spacial score (nSPS) is 16.7. The summed E-state index contributed by atoms with van der Waals surface area (Å²) >= 11 is 3.08. The van der Waals surface area contributed by atoms with Crippen LogP contribution in [0.15, 0.2) is 54.7 Å². The highest BCUT2D eigenvalue weighted by Gasteiger charge is 2.36. The van der Waals surface area contributed by atoms with Crippen LogP contribution in [0.5, 0.6) is 5.75 Å². The van der Waals surface area contributed by atoms with Crippen molar-refractivity contribution in [3.63, 3.8) is 0 Å². The van der Waals surface area contributed by atoms with Gasteiger partial charge in [0.1, 0.15) is 16.1 Å². The number of ether oxygens (including phenoxy) is 1. The number of fused-ring (bicyclic) bond motifs is 1. The van der Waals surface area contributed by atoms with E-state index in [9.17, 15) is 4.79 Å². The first-order chi connectivity index (χ1) is 14.2. The van der Waals surface area contributed by atoms with Crippen molar-refractivity contribution < 1.29 is 9.53 Å². The molecule has 146 valence electrons. The Morgan fingerprint density at radius 3 is 2.83 bits per heavy atom. The number of nitrogens with zero attached hydrogens (tertiary/aromatic N) is 3. The third kappa shape index (κ3) is 3.38. The van der Waals surface area contributed by atoms with Crippen molar-refractivity contribution in [2.24, 2.45) is 0 Å². The number of thioether (sulfide) groups is 1. The van der Waals surface area contributed by atoms with E-state index in [1.807, 2.05) is 42.6 Å². The minimum atomic E-state index is -0.0951. The van der Waals surface area contributed by atoms with Gasteiger partial charge in [-0.15, -0.1) is 22.0 Å². The third-order valence-electron chi connectivity index (χ3n) is 4.95. The van der Waals surface area contributed by atoms with E-state index in [4.69, 9.17) is 4.74 Å². The monoisotopic (exact) mass is 422 g/mol. The summed E-state index contributed by atoms with van der Waals surface area (Å²) in [6.07, 6.45) is 2.70. The zero-order chi connectivity index (χ0) is 19.8. The summed E-state index contributed by atoms with van der Waals surface area (Å²) in [6, 6.07) is 16.0. The van der Waals surface area contributed by atoms with Crippen molar-refractivity contribution in [2.75, 3.05) is 17.8 Å². The van der Waals surface area contributed by atoms with Gasteiger partial charge in [0.05, 0.1) is 12.9 Å². The van der Waals surface area contributed by atoms with Gasteiger partial charge < -0.3 is 9.72 Å². The first-order valence-corrected chi connectivity index (χ1v) is 11.0. The van der Waals surface area contributed by atoms with Crippen LogP contribution in [0.25, 0.3) is 10.9 Å². The topological polar surface area (TPSA) is 71.1 Å². The van der Waals surface area contributed by atoms with Gasteiger partial charge in [-0.2, -0.15) is 0 Å². The summed E-state index contributed by atoms with van der Waals surface area (Å²) in [5, 5.41) is 11.3. The molecule has 1 aliphatic rings. The molecule has 29 heavy (non-hydrogen) atoms. The lowest BCUT2D eigenvalue weighted by Gasteiger charge is -2.21. The van der Waals surface area contributed by atoms with Crippen LogP contribution in [-0.4, -0.2) is 34.0 Å². The molecule has 0 spiro atoms. The molecule has 3 heterocycles. The third-order valence-corrected chi connectivity index (χ3v) is 7.08. The molecule has 4 aromatic rings. The van der Waals surface area contributed by atoms with Crippen LogP contribution in [0.1, 0.15) is 21.5 Å². The lowest BCUT2D eigenvalue weighted by atomic mass is 10.1. The number of aromatic nitrogens is 3. The zero-order valence-corrected chi connectivity index (χ0v) is 17.3. The summed E-state index contributed by atoms with van der Waals surface area (Å²) in [5.74, 6) is 1.30. The van der Waals surface area contributed by atoms with Gasteiger partial charge in [0.15, 0.2) is 0 Å². The van der Waals surface area contributed by atoms with Gasteiger partial charge in [0.25, 0.3) is 0 Å². The molecule has 0 aliphatic carbocycles. The number of rotatable bonds is 5. The number of methoxy groups -OCH3 is 1. The van der Waals surface area contributed by atoms with Gasteiger partial charge in [-0.1, -0.05) is 41.7 Å². The van der Waals surface area contributed by atoms with E-state index in [1.165, 1.54) is 22.3 Å². The highest BCUT2D eigenvalue weighted by molar-refractivity contribution is 8.00. The van der Waals surface area contributed by atoms with Gasteiger partial charge in [-0.25, -0.2) is 0 Å². The minimum absolute atomic E-state index is 0.0608. The van der Waals surface area contributed by atoms with Crippen LogP contribution >= 0.6 is 23.1 Å². The number of hydrogen-bond acceptors (Lipinski definition) is 6. The van der Waals surface area contributed by atoms with Crippen molar-refractivity contribution in [3.05, 3.63) is 70.9 Å². The fraction of sp³-hybridized carbons (Fsp3) is 0.190. The van der Waals surface area contributed by atoms with Gasteiger partial charge in [-0.05, 0) is 29.3 Å². The Kier molecular flexibility index (Phi) is 4.73. The van der Waals surface area contributed by atoms with E-state index in [0.717, 1.165) is 21.8 Å². The highest BCUT2D eigenvalue weighted by atomic mass is 32.2. The molecular formula is C21H18N4O2S2. The second-order valence-corrected chi connectivity index (χ2v) is 8.82. The van der Waals surface area contributed by atoms with Crippen molar-refractivity contribution >= 4 is 45.0 Å². The maximum absolute atomic E-state index is 12.6. The summed E-state index contributed by atoms with van der Waals surface area (Å²) in [4.78, 5) is 17.7. The standard InChI is InChI=1S/C21H18N4O2S2/c1-27-15-8-6-13(7-9-15)20-25(19(26)12-28-20)21-24-23-18(29-21)10-14-11-22-17-5-3-2-4-16(14)17/h2-9,11,20,22H,10,12H2,1H3. The first kappa shape index (κ1) is 18.2. The van der Waals surface area contributed by atoms with Crippen molar-refractivity contribution in [1.82, 2.24) is 15.2 Å². The lowest BCUT2D eigenvalue weighted by molar-refractivity contribution is -0.115.